The molecule has 0 aromatic heterocycles. The van der Waals surface area contributed by atoms with Crippen LogP contribution in [0, 0.1) is 10.1 Å². The number of anilines is 1. The lowest BCUT2D eigenvalue weighted by molar-refractivity contribution is -0.383. The second kappa shape index (κ2) is 7.59. The highest BCUT2D eigenvalue weighted by molar-refractivity contribution is 5.97. The second-order valence-corrected chi connectivity index (χ2v) is 6.86. The Balaban J connectivity index is 1.55. The van der Waals surface area contributed by atoms with Gasteiger partial charge >= 0.3 is 6.03 Å². The van der Waals surface area contributed by atoms with Gasteiger partial charge in [-0.15, -0.1) is 0 Å². The van der Waals surface area contributed by atoms with E-state index in [0.717, 1.165) is 21.7 Å². The van der Waals surface area contributed by atoms with Crippen molar-refractivity contribution in [3.63, 3.8) is 0 Å². The van der Waals surface area contributed by atoms with Crippen LogP contribution in [0.15, 0.2) is 78.9 Å². The van der Waals surface area contributed by atoms with Crippen molar-refractivity contribution in [2.45, 2.75) is 13.0 Å². The highest BCUT2D eigenvalue weighted by Crippen LogP contribution is 2.28. The number of nitrogens with zero attached hydrogens (tertiary/aromatic N) is 1. The van der Waals surface area contributed by atoms with Crippen LogP contribution in [0.4, 0.5) is 16.2 Å². The molecule has 2 amide bonds. The van der Waals surface area contributed by atoms with E-state index >= 15 is 0 Å². The molecule has 0 unspecified atom stereocenters. The number of benzene rings is 4. The fraction of sp³-hybridized carbons (Fsp3) is 0.0870. The van der Waals surface area contributed by atoms with Crippen molar-refractivity contribution in [2.75, 3.05) is 5.32 Å². The summed E-state index contributed by atoms with van der Waals surface area (Å²) in [5.74, 6) is 0. The highest BCUT2D eigenvalue weighted by atomic mass is 16.6. The zero-order chi connectivity index (χ0) is 20.4. The van der Waals surface area contributed by atoms with E-state index in [1.807, 2.05) is 49.4 Å². The maximum atomic E-state index is 12.5. The molecule has 6 nitrogen and oxygen atoms in total. The summed E-state index contributed by atoms with van der Waals surface area (Å²) in [4.78, 5) is 23.4. The Morgan fingerprint density at radius 1 is 0.897 bits per heavy atom. The molecule has 29 heavy (non-hydrogen) atoms. The molecular weight excluding hydrogens is 366 g/mol. The van der Waals surface area contributed by atoms with Crippen LogP contribution in [0.5, 0.6) is 0 Å². The van der Waals surface area contributed by atoms with Gasteiger partial charge in [0.25, 0.3) is 5.69 Å². The first-order valence-corrected chi connectivity index (χ1v) is 9.25. The van der Waals surface area contributed by atoms with E-state index in [0.29, 0.717) is 11.1 Å². The average Bonchev–Trinajstić information content (AvgIpc) is 2.72. The normalized spacial score (nSPS) is 11.9. The maximum absolute atomic E-state index is 12.5. The third-order valence-electron chi connectivity index (χ3n) is 4.95. The lowest BCUT2D eigenvalue weighted by atomic mass is 10.00. The summed E-state index contributed by atoms with van der Waals surface area (Å²) in [5, 5.41) is 20.4. The van der Waals surface area contributed by atoms with E-state index in [2.05, 4.69) is 10.6 Å². The number of carbonyl (C=O) groups excluding carboxylic acids is 1. The van der Waals surface area contributed by atoms with Crippen molar-refractivity contribution >= 4 is 39.0 Å². The first-order chi connectivity index (χ1) is 14.0. The Morgan fingerprint density at radius 2 is 1.59 bits per heavy atom. The molecule has 0 fully saturated rings. The van der Waals surface area contributed by atoms with Crippen LogP contribution in [0.1, 0.15) is 18.5 Å². The van der Waals surface area contributed by atoms with Crippen molar-refractivity contribution in [3.05, 3.63) is 94.5 Å². The molecule has 4 aromatic carbocycles. The Bertz CT molecular complexity index is 1230. The molecular formula is C23H19N3O3. The van der Waals surface area contributed by atoms with Crippen molar-refractivity contribution in [2.24, 2.45) is 0 Å². The van der Waals surface area contributed by atoms with E-state index in [1.54, 1.807) is 30.3 Å². The molecule has 1 atom stereocenters. The smallest absolute Gasteiger partial charge is 0.319 e. The quantitative estimate of drug-likeness (QED) is 0.345. The topological polar surface area (TPSA) is 84.3 Å². The number of carbonyl (C=O) groups is 1. The van der Waals surface area contributed by atoms with Crippen molar-refractivity contribution < 1.29 is 9.72 Å². The zero-order valence-electron chi connectivity index (χ0n) is 15.8. The number of rotatable bonds is 4. The fourth-order valence-electron chi connectivity index (χ4n) is 3.56. The molecule has 144 valence electrons. The molecule has 0 saturated heterocycles. The number of nitro groups is 1. The summed E-state index contributed by atoms with van der Waals surface area (Å²) in [6.07, 6.45) is 0. The second-order valence-electron chi connectivity index (χ2n) is 6.86. The van der Waals surface area contributed by atoms with Gasteiger partial charge in [0.1, 0.15) is 0 Å². The third kappa shape index (κ3) is 3.73. The summed E-state index contributed by atoms with van der Waals surface area (Å²) in [6.45, 7) is 1.92. The van der Waals surface area contributed by atoms with Crippen LogP contribution in [-0.4, -0.2) is 11.0 Å². The maximum Gasteiger partial charge on any atom is 0.319 e. The third-order valence-corrected chi connectivity index (χ3v) is 4.95. The van der Waals surface area contributed by atoms with Crippen LogP contribution < -0.4 is 10.6 Å². The minimum atomic E-state index is -0.422. The van der Waals surface area contributed by atoms with Gasteiger partial charge in [-0.3, -0.25) is 10.1 Å². The Morgan fingerprint density at radius 3 is 2.38 bits per heavy atom. The first kappa shape index (κ1) is 18.4. The van der Waals surface area contributed by atoms with Gasteiger partial charge in [-0.2, -0.15) is 0 Å². The van der Waals surface area contributed by atoms with E-state index in [9.17, 15) is 14.9 Å². The fourth-order valence-corrected chi connectivity index (χ4v) is 3.56. The highest BCUT2D eigenvalue weighted by Gasteiger charge is 2.14. The molecule has 0 spiro atoms. The van der Waals surface area contributed by atoms with Crippen LogP contribution >= 0.6 is 0 Å². The molecule has 0 heterocycles. The van der Waals surface area contributed by atoms with Gasteiger partial charge in [-0.25, -0.2) is 4.79 Å². The van der Waals surface area contributed by atoms with Gasteiger partial charge in [0.15, 0.2) is 0 Å². The van der Waals surface area contributed by atoms with E-state index < -0.39 is 4.92 Å². The number of hydrogen-bond acceptors (Lipinski definition) is 3. The van der Waals surface area contributed by atoms with Crippen LogP contribution in [0.25, 0.3) is 21.5 Å². The van der Waals surface area contributed by atoms with E-state index in [1.165, 1.54) is 6.07 Å². The zero-order valence-corrected chi connectivity index (χ0v) is 15.8. The van der Waals surface area contributed by atoms with E-state index in [4.69, 9.17) is 0 Å². The molecule has 4 aromatic rings. The molecule has 0 aliphatic carbocycles. The van der Waals surface area contributed by atoms with Crippen LogP contribution in [0.2, 0.25) is 0 Å². The number of amides is 2. The summed E-state index contributed by atoms with van der Waals surface area (Å²) in [5.41, 5.74) is 1.53. The summed E-state index contributed by atoms with van der Waals surface area (Å²) in [7, 11) is 0. The Kier molecular flexibility index (Phi) is 4.83. The van der Waals surface area contributed by atoms with Gasteiger partial charge in [0.2, 0.25) is 0 Å². The Labute approximate surface area is 167 Å². The first-order valence-electron chi connectivity index (χ1n) is 9.25. The summed E-state index contributed by atoms with van der Waals surface area (Å²) < 4.78 is 0. The van der Waals surface area contributed by atoms with E-state index in [-0.39, 0.29) is 17.8 Å². The molecule has 0 aliphatic heterocycles. The van der Waals surface area contributed by atoms with Crippen LogP contribution in [0.3, 0.4) is 0 Å². The van der Waals surface area contributed by atoms with Gasteiger partial charge in [-0.1, -0.05) is 60.7 Å². The molecule has 0 radical (unpaired) electrons. The monoisotopic (exact) mass is 385 g/mol. The molecule has 0 saturated carbocycles. The van der Waals surface area contributed by atoms with Gasteiger partial charge in [0, 0.05) is 11.8 Å². The predicted octanol–water partition coefficient (Wildman–Crippen LogP) is 5.78. The lowest BCUT2D eigenvalue weighted by Gasteiger charge is -2.17. The molecule has 6 heteroatoms. The SMILES string of the molecule is C[C@@H](NC(=O)Nc1ccc2cccc([N+](=O)[O-])c2c1)c1cccc2ccccc12. The average molecular weight is 385 g/mol. The molecule has 4 rings (SSSR count). The van der Waals surface area contributed by atoms with Crippen molar-refractivity contribution in [3.8, 4) is 0 Å². The lowest BCUT2D eigenvalue weighted by Crippen LogP contribution is -2.31. The molecule has 0 bridgehead atoms. The van der Waals surface area contributed by atoms with Gasteiger partial charge in [0.05, 0.1) is 16.4 Å². The number of urea groups is 1. The number of nitro benzene ring substituents is 1. The number of nitrogens with one attached hydrogen (secondary N) is 2. The largest absolute Gasteiger partial charge is 0.331 e. The predicted molar refractivity (Wildman–Crippen MR) is 115 cm³/mol. The van der Waals surface area contributed by atoms with Crippen molar-refractivity contribution in [1.29, 1.82) is 0 Å². The van der Waals surface area contributed by atoms with Gasteiger partial charge in [-0.05, 0) is 40.8 Å². The number of hydrogen-bond donors (Lipinski definition) is 2. The minimum absolute atomic E-state index is 0.00989. The number of fused-ring (bicyclic) bond motifs is 2. The molecule has 2 N–H and O–H groups in total. The number of non-ortho nitro benzene ring substituents is 1. The minimum Gasteiger partial charge on any atom is -0.331 e. The molecule has 0 aliphatic rings. The van der Waals surface area contributed by atoms with Crippen molar-refractivity contribution in [1.82, 2.24) is 5.32 Å². The summed E-state index contributed by atoms with van der Waals surface area (Å²) >= 11 is 0. The standard InChI is InChI=1S/C23H19N3O3/c1-15(19-10-4-7-16-6-2-3-9-20(16)19)24-23(27)25-18-13-12-17-8-5-11-22(26(28)29)21(17)14-18/h2-15H,1H3,(H2,24,25,27)/t15-/m1/s1. The van der Waals surface area contributed by atoms with Crippen LogP contribution in [-0.2, 0) is 0 Å². The van der Waals surface area contributed by atoms with Gasteiger partial charge < -0.3 is 10.6 Å². The summed E-state index contributed by atoms with van der Waals surface area (Å²) in [6, 6.07) is 23.4. The Hall–Kier alpha value is -3.93.